The first-order chi connectivity index (χ1) is 12.7. The zero-order valence-corrected chi connectivity index (χ0v) is 14.9. The molecule has 1 saturated carbocycles. The van der Waals surface area contributed by atoms with Crippen molar-refractivity contribution in [3.8, 4) is 0 Å². The molecule has 3 aromatic heterocycles. The Labute approximate surface area is 152 Å². The van der Waals surface area contributed by atoms with Crippen molar-refractivity contribution < 1.29 is 4.79 Å². The number of H-pyrrole nitrogens is 1. The summed E-state index contributed by atoms with van der Waals surface area (Å²) in [6.07, 6.45) is 9.83. The molecule has 26 heavy (non-hydrogen) atoms. The minimum atomic E-state index is 0.0542. The van der Waals surface area contributed by atoms with Crippen LogP contribution < -0.4 is 10.2 Å². The molecule has 0 bridgehead atoms. The summed E-state index contributed by atoms with van der Waals surface area (Å²) in [6.45, 7) is 3.00. The second kappa shape index (κ2) is 5.97. The molecule has 6 heteroatoms. The van der Waals surface area contributed by atoms with Crippen molar-refractivity contribution in [3.63, 3.8) is 0 Å². The fourth-order valence-corrected chi connectivity index (χ4v) is 4.08. The summed E-state index contributed by atoms with van der Waals surface area (Å²) in [6, 6.07) is 4.95. The molecule has 0 radical (unpaired) electrons. The van der Waals surface area contributed by atoms with E-state index in [1.165, 1.54) is 0 Å². The van der Waals surface area contributed by atoms with Gasteiger partial charge in [-0.1, -0.05) is 0 Å². The highest BCUT2D eigenvalue weighted by atomic mass is 16.2. The largest absolute Gasteiger partial charge is 0.367 e. The summed E-state index contributed by atoms with van der Waals surface area (Å²) < 4.78 is 0. The molecule has 1 saturated heterocycles. The lowest BCUT2D eigenvalue weighted by atomic mass is 9.91. The van der Waals surface area contributed by atoms with Crippen molar-refractivity contribution >= 4 is 33.5 Å². The summed E-state index contributed by atoms with van der Waals surface area (Å²) >= 11 is 0. The van der Waals surface area contributed by atoms with Gasteiger partial charge in [0.05, 0.1) is 17.6 Å². The molecule has 3 aromatic rings. The highest BCUT2D eigenvalue weighted by molar-refractivity contribution is 6.10. The fourth-order valence-electron chi connectivity index (χ4n) is 4.08. The van der Waals surface area contributed by atoms with Gasteiger partial charge in [-0.3, -0.25) is 9.78 Å². The van der Waals surface area contributed by atoms with Crippen LogP contribution in [0.3, 0.4) is 0 Å². The number of carbonyl (C=O) groups is 1. The van der Waals surface area contributed by atoms with Gasteiger partial charge in [0.1, 0.15) is 5.65 Å². The zero-order valence-electron chi connectivity index (χ0n) is 14.9. The summed E-state index contributed by atoms with van der Waals surface area (Å²) in [7, 11) is 0. The average molecular weight is 349 g/mol. The van der Waals surface area contributed by atoms with Gasteiger partial charge in [-0.05, 0) is 44.7 Å². The molecule has 2 fully saturated rings. The van der Waals surface area contributed by atoms with E-state index in [4.69, 9.17) is 0 Å². The number of anilines is 1. The number of fused-ring (bicyclic) bond motifs is 3. The lowest BCUT2D eigenvalue weighted by Crippen LogP contribution is -2.47. The number of hydrogen-bond donors (Lipinski definition) is 2. The maximum atomic E-state index is 12.6. The van der Waals surface area contributed by atoms with E-state index in [2.05, 4.69) is 44.2 Å². The Hall–Kier alpha value is -2.63. The molecular formula is C20H23N5O. The normalized spacial score (nSPS) is 23.5. The number of amides is 1. The van der Waals surface area contributed by atoms with Crippen LogP contribution in [-0.4, -0.2) is 39.5 Å². The Morgan fingerprint density at radius 3 is 2.96 bits per heavy atom. The van der Waals surface area contributed by atoms with E-state index in [-0.39, 0.29) is 11.8 Å². The molecule has 5 rings (SSSR count). The van der Waals surface area contributed by atoms with Gasteiger partial charge >= 0.3 is 0 Å². The first-order valence-corrected chi connectivity index (χ1v) is 9.48. The molecule has 0 unspecified atom stereocenters. The van der Waals surface area contributed by atoms with E-state index in [1.54, 1.807) is 0 Å². The third kappa shape index (κ3) is 2.60. The number of piperidine rings is 1. The highest BCUT2D eigenvalue weighted by Gasteiger charge is 2.33. The van der Waals surface area contributed by atoms with E-state index in [9.17, 15) is 4.79 Å². The molecule has 1 amide bonds. The van der Waals surface area contributed by atoms with Gasteiger partial charge in [-0.15, -0.1) is 0 Å². The topological polar surface area (TPSA) is 73.9 Å². The van der Waals surface area contributed by atoms with Crippen molar-refractivity contribution in [2.75, 3.05) is 11.4 Å². The predicted molar refractivity (Wildman–Crippen MR) is 102 cm³/mol. The summed E-state index contributed by atoms with van der Waals surface area (Å²) in [5, 5.41) is 5.38. The van der Waals surface area contributed by atoms with Crippen LogP contribution in [-0.2, 0) is 4.79 Å². The van der Waals surface area contributed by atoms with Gasteiger partial charge < -0.3 is 15.2 Å². The van der Waals surface area contributed by atoms with Gasteiger partial charge in [0.25, 0.3) is 0 Å². The van der Waals surface area contributed by atoms with Gasteiger partial charge in [-0.25, -0.2) is 4.98 Å². The summed E-state index contributed by atoms with van der Waals surface area (Å²) in [4.78, 5) is 27.1. The second-order valence-electron chi connectivity index (χ2n) is 7.65. The van der Waals surface area contributed by atoms with Crippen LogP contribution in [0.5, 0.6) is 0 Å². The quantitative estimate of drug-likeness (QED) is 0.762. The second-order valence-corrected chi connectivity index (χ2v) is 7.65. The average Bonchev–Trinajstić information content (AvgIpc) is 3.33. The van der Waals surface area contributed by atoms with E-state index in [1.807, 2.05) is 18.6 Å². The molecule has 2 N–H and O–H groups in total. The van der Waals surface area contributed by atoms with Crippen LogP contribution in [0.25, 0.3) is 21.9 Å². The van der Waals surface area contributed by atoms with Crippen LogP contribution in [0.15, 0.2) is 30.7 Å². The number of aromatic amines is 1. The summed E-state index contributed by atoms with van der Waals surface area (Å²) in [5.41, 5.74) is 2.92. The minimum absolute atomic E-state index is 0.0542. The molecular weight excluding hydrogens is 326 g/mol. The number of carbonyl (C=O) groups excluding carboxylic acids is 1. The third-order valence-corrected chi connectivity index (χ3v) is 5.75. The van der Waals surface area contributed by atoms with E-state index < -0.39 is 0 Å². The fraction of sp³-hybridized carbons (Fsp3) is 0.450. The number of hydrogen-bond acceptors (Lipinski definition) is 4. The van der Waals surface area contributed by atoms with Gasteiger partial charge in [0.15, 0.2) is 0 Å². The van der Waals surface area contributed by atoms with Crippen molar-refractivity contribution in [3.05, 3.63) is 30.7 Å². The monoisotopic (exact) mass is 349 g/mol. The van der Waals surface area contributed by atoms with Crippen molar-refractivity contribution in [2.24, 2.45) is 5.92 Å². The lowest BCUT2D eigenvalue weighted by molar-refractivity contribution is -0.125. The highest BCUT2D eigenvalue weighted by Crippen LogP contribution is 2.35. The van der Waals surface area contributed by atoms with E-state index in [0.717, 1.165) is 59.9 Å². The van der Waals surface area contributed by atoms with Crippen molar-refractivity contribution in [2.45, 2.75) is 44.7 Å². The van der Waals surface area contributed by atoms with Gasteiger partial charge in [-0.2, -0.15) is 0 Å². The first kappa shape index (κ1) is 15.6. The molecule has 0 spiro atoms. The Morgan fingerprint density at radius 1 is 1.23 bits per heavy atom. The summed E-state index contributed by atoms with van der Waals surface area (Å²) in [5.74, 6) is 0.273. The number of aromatic nitrogens is 3. The maximum Gasteiger partial charge on any atom is 0.225 e. The minimum Gasteiger partial charge on any atom is -0.367 e. The van der Waals surface area contributed by atoms with Crippen LogP contribution in [0.1, 0.15) is 32.6 Å². The number of rotatable bonds is 3. The predicted octanol–water partition coefficient (Wildman–Crippen LogP) is 2.99. The van der Waals surface area contributed by atoms with Crippen LogP contribution >= 0.6 is 0 Å². The Kier molecular flexibility index (Phi) is 3.58. The molecule has 2 atom stereocenters. The zero-order chi connectivity index (χ0) is 17.7. The van der Waals surface area contributed by atoms with Crippen molar-refractivity contribution in [1.82, 2.24) is 20.3 Å². The maximum absolute atomic E-state index is 12.6. The molecule has 4 heterocycles. The van der Waals surface area contributed by atoms with Gasteiger partial charge in [0.2, 0.25) is 5.91 Å². The molecule has 6 nitrogen and oxygen atoms in total. The van der Waals surface area contributed by atoms with Crippen LogP contribution in [0.4, 0.5) is 5.69 Å². The molecule has 1 aliphatic heterocycles. The SMILES string of the molecule is C[C@H]1CC[C@@H](C(=O)NC2CC2)CN1c1ccnc2cnc3[nH]ccc3c12. The van der Waals surface area contributed by atoms with E-state index in [0.29, 0.717) is 12.1 Å². The molecule has 0 aromatic carbocycles. The number of pyridine rings is 2. The van der Waals surface area contributed by atoms with Crippen LogP contribution in [0, 0.1) is 5.92 Å². The first-order valence-electron chi connectivity index (χ1n) is 9.48. The molecule has 2 aliphatic rings. The van der Waals surface area contributed by atoms with E-state index >= 15 is 0 Å². The van der Waals surface area contributed by atoms with Gasteiger partial charge in [0, 0.05) is 47.5 Å². The number of nitrogens with one attached hydrogen (secondary N) is 2. The molecule has 1 aliphatic carbocycles. The third-order valence-electron chi connectivity index (χ3n) is 5.75. The lowest BCUT2D eigenvalue weighted by Gasteiger charge is -2.39. The standard InChI is InChI=1S/C20H23N5O/c1-12-2-3-13(20(26)24-14-4-5-14)11-25(12)17-7-9-21-16-10-23-19-15(18(16)17)6-8-22-19/h6-10,12-14H,2-5,11H2,1H3,(H,22,23)(H,24,26)/t12-,13+/m0/s1. The van der Waals surface area contributed by atoms with Crippen LogP contribution in [0.2, 0.25) is 0 Å². The Bertz CT molecular complexity index is 977. The molecule has 134 valence electrons. The number of nitrogens with zero attached hydrogens (tertiary/aromatic N) is 3. The Morgan fingerprint density at radius 2 is 2.12 bits per heavy atom. The van der Waals surface area contributed by atoms with Crippen molar-refractivity contribution in [1.29, 1.82) is 0 Å². The Balaban J connectivity index is 1.54. The smallest absolute Gasteiger partial charge is 0.225 e.